The van der Waals surface area contributed by atoms with Crippen molar-refractivity contribution in [1.82, 2.24) is 14.9 Å². The molecule has 4 rings (SSSR count). The van der Waals surface area contributed by atoms with Gasteiger partial charge in [-0.05, 0) is 36.0 Å². The SMILES string of the molecule is Cn1ccnc1[C@H](NC[C@H](O)CO[C@@H]1CCCc2ccccc21)c1ccccc1. The van der Waals surface area contributed by atoms with Gasteiger partial charge in [-0.25, -0.2) is 4.98 Å². The Morgan fingerprint density at radius 2 is 1.97 bits per heavy atom. The number of imidazole rings is 1. The zero-order chi connectivity index (χ0) is 20.1. The molecule has 3 aromatic rings. The van der Waals surface area contributed by atoms with Crippen LogP contribution in [0.25, 0.3) is 0 Å². The van der Waals surface area contributed by atoms with Crippen molar-refractivity contribution < 1.29 is 9.84 Å². The van der Waals surface area contributed by atoms with Crippen molar-refractivity contribution in [2.45, 2.75) is 37.5 Å². The lowest BCUT2D eigenvalue weighted by atomic mass is 9.89. The van der Waals surface area contributed by atoms with Crippen LogP contribution in [0.2, 0.25) is 0 Å². The van der Waals surface area contributed by atoms with Crippen LogP contribution in [0.5, 0.6) is 0 Å². The van der Waals surface area contributed by atoms with Gasteiger partial charge in [0.05, 0.1) is 24.9 Å². The highest BCUT2D eigenvalue weighted by molar-refractivity contribution is 5.31. The third-order valence-corrected chi connectivity index (χ3v) is 5.61. The van der Waals surface area contributed by atoms with E-state index in [9.17, 15) is 5.11 Å². The van der Waals surface area contributed by atoms with E-state index in [1.807, 2.05) is 36.0 Å². The maximum atomic E-state index is 10.6. The summed E-state index contributed by atoms with van der Waals surface area (Å²) in [6, 6.07) is 18.6. The van der Waals surface area contributed by atoms with Crippen molar-refractivity contribution in [2.24, 2.45) is 7.05 Å². The molecule has 0 spiro atoms. The molecule has 0 amide bonds. The fourth-order valence-electron chi connectivity index (χ4n) is 4.08. The third kappa shape index (κ3) is 4.75. The average molecular weight is 392 g/mol. The van der Waals surface area contributed by atoms with Crippen LogP contribution in [-0.2, 0) is 18.2 Å². The minimum atomic E-state index is -0.587. The molecule has 0 aliphatic heterocycles. The maximum absolute atomic E-state index is 10.6. The van der Waals surface area contributed by atoms with Gasteiger partial charge in [-0.3, -0.25) is 0 Å². The van der Waals surface area contributed by atoms with E-state index >= 15 is 0 Å². The van der Waals surface area contributed by atoms with Crippen molar-refractivity contribution in [1.29, 1.82) is 0 Å². The van der Waals surface area contributed by atoms with E-state index in [1.165, 1.54) is 11.1 Å². The second-order valence-corrected chi connectivity index (χ2v) is 7.72. The first-order valence-corrected chi connectivity index (χ1v) is 10.4. The van der Waals surface area contributed by atoms with Crippen LogP contribution in [-0.4, -0.2) is 33.9 Å². The Morgan fingerprint density at radius 3 is 2.76 bits per heavy atom. The summed E-state index contributed by atoms with van der Waals surface area (Å²) in [4.78, 5) is 4.50. The van der Waals surface area contributed by atoms with Crippen LogP contribution in [0.1, 0.15) is 47.5 Å². The third-order valence-electron chi connectivity index (χ3n) is 5.61. The summed E-state index contributed by atoms with van der Waals surface area (Å²) in [5.41, 5.74) is 3.76. The molecule has 0 unspecified atom stereocenters. The van der Waals surface area contributed by atoms with Gasteiger partial charge in [0.2, 0.25) is 0 Å². The molecule has 3 atom stereocenters. The van der Waals surface area contributed by atoms with Gasteiger partial charge in [0.25, 0.3) is 0 Å². The van der Waals surface area contributed by atoms with Crippen LogP contribution in [0.15, 0.2) is 67.0 Å². The minimum Gasteiger partial charge on any atom is -0.389 e. The van der Waals surface area contributed by atoms with Gasteiger partial charge in [-0.15, -0.1) is 0 Å². The molecule has 1 aromatic heterocycles. The van der Waals surface area contributed by atoms with Crippen LogP contribution in [0.4, 0.5) is 0 Å². The Labute approximate surface area is 172 Å². The minimum absolute atomic E-state index is 0.0778. The molecule has 2 aromatic carbocycles. The lowest BCUT2D eigenvalue weighted by Gasteiger charge is -2.27. The molecule has 0 saturated carbocycles. The normalized spacial score (nSPS) is 18.2. The van der Waals surface area contributed by atoms with Crippen LogP contribution < -0.4 is 5.32 Å². The van der Waals surface area contributed by atoms with Crippen LogP contribution in [0.3, 0.4) is 0 Å². The fraction of sp³-hybridized carbons (Fsp3) is 0.375. The Morgan fingerprint density at radius 1 is 1.17 bits per heavy atom. The highest BCUT2D eigenvalue weighted by atomic mass is 16.5. The lowest BCUT2D eigenvalue weighted by molar-refractivity contribution is -0.0172. The van der Waals surface area contributed by atoms with Gasteiger partial charge < -0.3 is 19.7 Å². The first-order valence-electron chi connectivity index (χ1n) is 10.4. The number of fused-ring (bicyclic) bond motifs is 1. The van der Waals surface area contributed by atoms with Gasteiger partial charge >= 0.3 is 0 Å². The zero-order valence-electron chi connectivity index (χ0n) is 16.9. The van der Waals surface area contributed by atoms with E-state index in [-0.39, 0.29) is 12.1 Å². The number of rotatable bonds is 8. The topological polar surface area (TPSA) is 59.3 Å². The second kappa shape index (κ2) is 9.35. The Balaban J connectivity index is 1.37. The second-order valence-electron chi connectivity index (χ2n) is 7.72. The molecule has 152 valence electrons. The van der Waals surface area contributed by atoms with Crippen molar-refractivity contribution in [3.05, 3.63) is 89.5 Å². The van der Waals surface area contributed by atoms with Gasteiger partial charge in [0.1, 0.15) is 5.82 Å². The highest BCUT2D eigenvalue weighted by Gasteiger charge is 2.22. The number of aliphatic hydroxyl groups excluding tert-OH is 1. The molecule has 2 N–H and O–H groups in total. The lowest BCUT2D eigenvalue weighted by Crippen LogP contribution is -2.35. The van der Waals surface area contributed by atoms with Crippen molar-refractivity contribution >= 4 is 0 Å². The summed E-state index contributed by atoms with van der Waals surface area (Å²) in [6.07, 6.45) is 6.48. The first-order chi connectivity index (χ1) is 14.2. The summed E-state index contributed by atoms with van der Waals surface area (Å²) < 4.78 is 8.12. The number of aliphatic hydroxyl groups is 1. The molecule has 0 saturated heterocycles. The quantitative estimate of drug-likeness (QED) is 0.617. The zero-order valence-corrected chi connectivity index (χ0v) is 16.9. The number of hydrogen-bond donors (Lipinski definition) is 2. The molecule has 1 aliphatic rings. The van der Waals surface area contributed by atoms with E-state index in [2.05, 4.69) is 46.7 Å². The predicted octanol–water partition coefficient (Wildman–Crippen LogP) is 3.55. The molecular formula is C24H29N3O2. The number of nitrogens with zero attached hydrogens (tertiary/aromatic N) is 2. The molecular weight excluding hydrogens is 362 g/mol. The molecule has 1 aliphatic carbocycles. The molecule has 29 heavy (non-hydrogen) atoms. The number of aromatic nitrogens is 2. The van der Waals surface area contributed by atoms with Crippen molar-refractivity contribution in [2.75, 3.05) is 13.2 Å². The number of ether oxygens (including phenoxy) is 1. The smallest absolute Gasteiger partial charge is 0.130 e. The van der Waals surface area contributed by atoms with E-state index < -0.39 is 6.10 Å². The van der Waals surface area contributed by atoms with Gasteiger partial charge in [-0.1, -0.05) is 54.6 Å². The molecule has 5 nitrogen and oxygen atoms in total. The van der Waals surface area contributed by atoms with E-state index in [1.54, 1.807) is 6.20 Å². The molecule has 5 heteroatoms. The summed E-state index contributed by atoms with van der Waals surface area (Å²) in [5.74, 6) is 0.922. The number of aryl methyl sites for hydroxylation is 2. The average Bonchev–Trinajstić information content (AvgIpc) is 3.19. The first kappa shape index (κ1) is 19.8. The van der Waals surface area contributed by atoms with E-state index in [4.69, 9.17) is 4.74 Å². The van der Waals surface area contributed by atoms with Gasteiger partial charge in [-0.2, -0.15) is 0 Å². The number of nitrogens with one attached hydrogen (secondary N) is 1. The summed E-state index contributed by atoms with van der Waals surface area (Å²) in [7, 11) is 1.99. The van der Waals surface area contributed by atoms with E-state index in [0.717, 1.165) is 30.7 Å². The summed E-state index contributed by atoms with van der Waals surface area (Å²) >= 11 is 0. The molecule has 0 bridgehead atoms. The van der Waals surface area contributed by atoms with Crippen molar-refractivity contribution in [3.8, 4) is 0 Å². The Bertz CT molecular complexity index is 909. The highest BCUT2D eigenvalue weighted by Crippen LogP contribution is 2.32. The van der Waals surface area contributed by atoms with E-state index in [0.29, 0.717) is 13.2 Å². The predicted molar refractivity (Wildman–Crippen MR) is 114 cm³/mol. The van der Waals surface area contributed by atoms with Crippen LogP contribution >= 0.6 is 0 Å². The largest absolute Gasteiger partial charge is 0.389 e. The van der Waals surface area contributed by atoms with Gasteiger partial charge in [0.15, 0.2) is 0 Å². The maximum Gasteiger partial charge on any atom is 0.130 e. The summed E-state index contributed by atoms with van der Waals surface area (Å²) in [5, 5.41) is 14.0. The van der Waals surface area contributed by atoms with Gasteiger partial charge in [0, 0.05) is 26.0 Å². The monoisotopic (exact) mass is 391 g/mol. The number of hydrogen-bond acceptors (Lipinski definition) is 4. The summed E-state index contributed by atoms with van der Waals surface area (Å²) in [6.45, 7) is 0.745. The van der Waals surface area contributed by atoms with Crippen LogP contribution in [0, 0.1) is 0 Å². The Hall–Kier alpha value is -2.47. The Kier molecular flexibility index (Phi) is 6.39. The molecule has 0 fully saturated rings. The molecule has 0 radical (unpaired) electrons. The molecule has 1 heterocycles. The fourth-order valence-corrected chi connectivity index (χ4v) is 4.08. The van der Waals surface area contributed by atoms with Crippen molar-refractivity contribution in [3.63, 3.8) is 0 Å². The number of benzene rings is 2. The standard InChI is InChI=1S/C24H29N3O2/c1-27-15-14-25-24(27)23(19-9-3-2-4-10-19)26-16-20(28)17-29-22-13-7-11-18-8-5-6-12-21(18)22/h2-6,8-10,12,14-15,20,22-23,26,28H,7,11,13,16-17H2,1H3/t20-,22+,23+/m0/s1.